The molecule has 0 aliphatic heterocycles. The molecule has 0 radical (unpaired) electrons. The SMILES string of the molecule is CCOCCCNC(=O)[C@@H](C)N(Cc1ccc(F)cc1)C(=O)CCc1ccc(S(=O)(=O)NC2CC2)cc1. The summed E-state index contributed by atoms with van der Waals surface area (Å²) in [5.74, 6) is -0.877. The number of benzene rings is 2. The number of aryl methyl sites for hydroxylation is 1. The number of amides is 2. The van der Waals surface area contributed by atoms with Crippen LogP contribution in [0.2, 0.25) is 0 Å². The number of sulfonamides is 1. The normalized spacial score (nSPS) is 14.2. The minimum absolute atomic E-state index is 0.0262. The first-order valence-electron chi connectivity index (χ1n) is 12.7. The second kappa shape index (κ2) is 13.6. The summed E-state index contributed by atoms with van der Waals surface area (Å²) in [6.07, 6.45) is 2.91. The number of hydrogen-bond donors (Lipinski definition) is 2. The van der Waals surface area contributed by atoms with Crippen molar-refractivity contribution < 1.29 is 27.1 Å². The van der Waals surface area contributed by atoms with E-state index in [-0.39, 0.29) is 41.5 Å². The molecule has 2 N–H and O–H groups in total. The number of rotatable bonds is 15. The summed E-state index contributed by atoms with van der Waals surface area (Å²) in [5, 5.41) is 2.85. The molecule has 1 atom stereocenters. The maximum Gasteiger partial charge on any atom is 0.242 e. The molecule has 202 valence electrons. The Hall–Kier alpha value is -2.82. The van der Waals surface area contributed by atoms with Crippen molar-refractivity contribution in [1.29, 1.82) is 0 Å². The molecular weight excluding hydrogens is 497 g/mol. The van der Waals surface area contributed by atoms with Gasteiger partial charge in [-0.3, -0.25) is 9.59 Å². The van der Waals surface area contributed by atoms with E-state index in [0.29, 0.717) is 38.2 Å². The second-order valence-corrected chi connectivity index (χ2v) is 10.9. The summed E-state index contributed by atoms with van der Waals surface area (Å²) in [4.78, 5) is 27.7. The lowest BCUT2D eigenvalue weighted by Crippen LogP contribution is -2.48. The van der Waals surface area contributed by atoms with Gasteiger partial charge in [0, 0.05) is 38.8 Å². The summed E-state index contributed by atoms with van der Waals surface area (Å²) in [5.41, 5.74) is 1.52. The zero-order chi connectivity index (χ0) is 26.8. The first-order valence-corrected chi connectivity index (χ1v) is 14.2. The van der Waals surface area contributed by atoms with Gasteiger partial charge in [0.15, 0.2) is 0 Å². The van der Waals surface area contributed by atoms with Crippen LogP contribution in [-0.4, -0.2) is 57.0 Å². The van der Waals surface area contributed by atoms with Crippen LogP contribution < -0.4 is 10.0 Å². The predicted molar refractivity (Wildman–Crippen MR) is 139 cm³/mol. The van der Waals surface area contributed by atoms with Crippen LogP contribution in [0.3, 0.4) is 0 Å². The molecule has 0 aromatic heterocycles. The van der Waals surface area contributed by atoms with Gasteiger partial charge in [-0.1, -0.05) is 24.3 Å². The third kappa shape index (κ3) is 9.21. The fourth-order valence-corrected chi connectivity index (χ4v) is 5.07. The van der Waals surface area contributed by atoms with Gasteiger partial charge < -0.3 is 15.0 Å². The van der Waals surface area contributed by atoms with Crippen LogP contribution in [0.15, 0.2) is 53.4 Å². The van der Waals surface area contributed by atoms with Gasteiger partial charge >= 0.3 is 0 Å². The Kier molecular flexibility index (Phi) is 10.6. The minimum Gasteiger partial charge on any atom is -0.382 e. The summed E-state index contributed by atoms with van der Waals surface area (Å²) in [6.45, 7) is 5.33. The number of carbonyl (C=O) groups excluding carboxylic acids is 2. The molecule has 2 aromatic rings. The Morgan fingerprint density at radius 2 is 1.73 bits per heavy atom. The number of nitrogens with one attached hydrogen (secondary N) is 2. The lowest BCUT2D eigenvalue weighted by Gasteiger charge is -2.29. The molecule has 1 aliphatic carbocycles. The van der Waals surface area contributed by atoms with Crippen LogP contribution >= 0.6 is 0 Å². The van der Waals surface area contributed by atoms with E-state index in [9.17, 15) is 22.4 Å². The first-order chi connectivity index (χ1) is 17.7. The largest absolute Gasteiger partial charge is 0.382 e. The van der Waals surface area contributed by atoms with Crippen LogP contribution in [0.5, 0.6) is 0 Å². The third-order valence-electron chi connectivity index (χ3n) is 6.16. The molecule has 8 nitrogen and oxygen atoms in total. The molecule has 1 saturated carbocycles. The number of halogens is 1. The van der Waals surface area contributed by atoms with Gasteiger partial charge in [-0.2, -0.15) is 0 Å². The van der Waals surface area contributed by atoms with Crippen molar-refractivity contribution in [2.75, 3.05) is 19.8 Å². The highest BCUT2D eigenvalue weighted by molar-refractivity contribution is 7.89. The average molecular weight is 534 g/mol. The highest BCUT2D eigenvalue weighted by atomic mass is 32.2. The quantitative estimate of drug-likeness (QED) is 0.342. The van der Waals surface area contributed by atoms with Crippen LogP contribution in [-0.2, 0) is 37.3 Å². The molecule has 1 aliphatic rings. The molecule has 0 heterocycles. The summed E-state index contributed by atoms with van der Waals surface area (Å²) >= 11 is 0. The highest BCUT2D eigenvalue weighted by Gasteiger charge is 2.28. The van der Waals surface area contributed by atoms with E-state index < -0.39 is 16.1 Å². The zero-order valence-corrected chi connectivity index (χ0v) is 22.2. The van der Waals surface area contributed by atoms with Crippen molar-refractivity contribution in [3.05, 3.63) is 65.5 Å². The van der Waals surface area contributed by atoms with Gasteiger partial charge in [-0.15, -0.1) is 0 Å². The van der Waals surface area contributed by atoms with Gasteiger partial charge in [0.05, 0.1) is 4.90 Å². The molecule has 0 bridgehead atoms. The van der Waals surface area contributed by atoms with Crippen LogP contribution in [0.4, 0.5) is 4.39 Å². The predicted octanol–water partition coefficient (Wildman–Crippen LogP) is 3.16. The maximum atomic E-state index is 13.4. The standard InChI is InChI=1S/C27H36FN3O5S/c1-3-36-18-4-17-29-27(33)20(2)31(19-22-5-10-23(28)11-6-22)26(32)16-9-21-7-14-25(15-8-21)37(34,35)30-24-12-13-24/h5-8,10-11,14-15,20,24,30H,3-4,9,12-13,16-19H2,1-2H3,(H,29,33)/t20-/m1/s1. The van der Waals surface area contributed by atoms with E-state index in [1.807, 2.05) is 6.92 Å². The zero-order valence-electron chi connectivity index (χ0n) is 21.4. The van der Waals surface area contributed by atoms with Crippen LogP contribution in [0, 0.1) is 5.82 Å². The second-order valence-electron chi connectivity index (χ2n) is 9.21. The highest BCUT2D eigenvalue weighted by Crippen LogP contribution is 2.22. The van der Waals surface area contributed by atoms with Crippen molar-refractivity contribution >= 4 is 21.8 Å². The van der Waals surface area contributed by atoms with Gasteiger partial charge in [0.25, 0.3) is 0 Å². The topological polar surface area (TPSA) is 105 Å². The van der Waals surface area contributed by atoms with Gasteiger partial charge in [-0.05, 0) is 74.9 Å². The number of hydrogen-bond acceptors (Lipinski definition) is 5. The van der Waals surface area contributed by atoms with E-state index in [1.54, 1.807) is 43.3 Å². The van der Waals surface area contributed by atoms with Gasteiger partial charge in [-0.25, -0.2) is 17.5 Å². The first kappa shape index (κ1) is 28.7. The van der Waals surface area contributed by atoms with Crippen molar-refractivity contribution in [1.82, 2.24) is 14.9 Å². The molecule has 0 unspecified atom stereocenters. The molecule has 37 heavy (non-hydrogen) atoms. The Labute approximate surface area is 218 Å². The molecule has 3 rings (SSSR count). The van der Waals surface area contributed by atoms with E-state index in [4.69, 9.17) is 4.74 Å². The molecule has 10 heteroatoms. The third-order valence-corrected chi connectivity index (χ3v) is 7.70. The molecular formula is C27H36FN3O5S. The number of carbonyl (C=O) groups is 2. The van der Waals surface area contributed by atoms with Crippen LogP contribution in [0.25, 0.3) is 0 Å². The Balaban J connectivity index is 1.62. The number of nitrogens with zero attached hydrogens (tertiary/aromatic N) is 1. The fourth-order valence-electron chi connectivity index (χ4n) is 3.77. The molecule has 2 amide bonds. The van der Waals surface area contributed by atoms with E-state index in [1.165, 1.54) is 17.0 Å². The molecule has 2 aromatic carbocycles. The fraction of sp³-hybridized carbons (Fsp3) is 0.481. The van der Waals surface area contributed by atoms with E-state index >= 15 is 0 Å². The summed E-state index contributed by atoms with van der Waals surface area (Å²) in [7, 11) is -3.53. The van der Waals surface area contributed by atoms with Crippen molar-refractivity contribution in [2.45, 2.75) is 69.5 Å². The number of ether oxygens (including phenoxy) is 1. The van der Waals surface area contributed by atoms with Crippen molar-refractivity contribution in [3.63, 3.8) is 0 Å². The monoisotopic (exact) mass is 533 g/mol. The summed E-state index contributed by atoms with van der Waals surface area (Å²) < 4.78 is 46.0. The van der Waals surface area contributed by atoms with E-state index in [0.717, 1.165) is 18.4 Å². The van der Waals surface area contributed by atoms with Gasteiger partial charge in [0.1, 0.15) is 11.9 Å². The van der Waals surface area contributed by atoms with Crippen molar-refractivity contribution in [2.24, 2.45) is 0 Å². The van der Waals surface area contributed by atoms with Crippen LogP contribution in [0.1, 0.15) is 50.7 Å². The Bertz CT molecular complexity index is 1140. The maximum absolute atomic E-state index is 13.4. The van der Waals surface area contributed by atoms with Crippen molar-refractivity contribution in [3.8, 4) is 0 Å². The smallest absolute Gasteiger partial charge is 0.242 e. The Morgan fingerprint density at radius 1 is 1.08 bits per heavy atom. The molecule has 0 saturated heterocycles. The average Bonchev–Trinajstić information content (AvgIpc) is 3.70. The van der Waals surface area contributed by atoms with E-state index in [2.05, 4.69) is 10.0 Å². The lowest BCUT2D eigenvalue weighted by molar-refractivity contribution is -0.140. The Morgan fingerprint density at radius 3 is 2.35 bits per heavy atom. The molecule has 1 fully saturated rings. The minimum atomic E-state index is -3.53. The summed E-state index contributed by atoms with van der Waals surface area (Å²) in [6, 6.07) is 11.6. The lowest BCUT2D eigenvalue weighted by atomic mass is 10.1. The molecule has 0 spiro atoms. The van der Waals surface area contributed by atoms with Gasteiger partial charge in [0.2, 0.25) is 21.8 Å².